The number of hydrogen-bond acceptors (Lipinski definition) is 4. The van der Waals surface area contributed by atoms with E-state index in [2.05, 4.69) is 5.32 Å². The second-order valence-electron chi connectivity index (χ2n) is 5.93. The number of carbonyl (C=O) groups excluding carboxylic acids is 1. The molecule has 4 N–H and O–H groups in total. The summed E-state index contributed by atoms with van der Waals surface area (Å²) in [6.07, 6.45) is -0.660. The number of ether oxygens (including phenoxy) is 1. The van der Waals surface area contributed by atoms with Crippen molar-refractivity contribution in [3.63, 3.8) is 0 Å². The molecular weight excluding hydrogens is 316 g/mol. The summed E-state index contributed by atoms with van der Waals surface area (Å²) in [7, 11) is 5.45. The maximum absolute atomic E-state index is 12.4. The lowest BCUT2D eigenvalue weighted by atomic mass is 10.1. The smallest absolute Gasteiger partial charge is 0.254 e. The molecule has 0 bridgehead atoms. The minimum atomic E-state index is -0.660. The lowest BCUT2D eigenvalue weighted by molar-refractivity contribution is -0.131. The number of nitrogen functional groups attached to an aromatic ring is 1. The largest absolute Gasteiger partial charge is 0.384 e. The molecule has 0 saturated heterocycles. The summed E-state index contributed by atoms with van der Waals surface area (Å²) in [6, 6.07) is 14.9. The van der Waals surface area contributed by atoms with Crippen molar-refractivity contribution in [2.24, 2.45) is 5.73 Å². The summed E-state index contributed by atoms with van der Waals surface area (Å²) >= 11 is 0. The van der Waals surface area contributed by atoms with E-state index in [9.17, 15) is 4.79 Å². The Morgan fingerprint density at radius 2 is 1.76 bits per heavy atom. The molecule has 0 spiro atoms. The van der Waals surface area contributed by atoms with Gasteiger partial charge in [-0.05, 0) is 23.3 Å². The van der Waals surface area contributed by atoms with Gasteiger partial charge in [0.05, 0.1) is 0 Å². The van der Waals surface area contributed by atoms with Gasteiger partial charge in [-0.15, -0.1) is 0 Å². The van der Waals surface area contributed by atoms with Crippen LogP contribution in [-0.2, 0) is 16.1 Å². The zero-order valence-corrected chi connectivity index (χ0v) is 14.7. The minimum Gasteiger partial charge on any atom is -0.384 e. The van der Waals surface area contributed by atoms with Crippen molar-refractivity contribution in [2.45, 2.75) is 12.6 Å². The quantitative estimate of drug-likeness (QED) is 0.531. The molecule has 2 aromatic rings. The van der Waals surface area contributed by atoms with E-state index in [1.54, 1.807) is 12.1 Å². The Balaban J connectivity index is 2.00. The highest BCUT2D eigenvalue weighted by molar-refractivity contribution is 5.94. The van der Waals surface area contributed by atoms with Crippen LogP contribution in [0.15, 0.2) is 48.5 Å². The molecule has 1 unspecified atom stereocenters. The van der Waals surface area contributed by atoms with Gasteiger partial charge in [0.25, 0.3) is 5.91 Å². The average molecular weight is 340 g/mol. The fourth-order valence-electron chi connectivity index (χ4n) is 2.43. The molecule has 0 heterocycles. The summed E-state index contributed by atoms with van der Waals surface area (Å²) in [5.41, 5.74) is 8.88. The molecule has 0 aliphatic carbocycles. The van der Waals surface area contributed by atoms with Crippen LogP contribution in [0, 0.1) is 5.41 Å². The SMILES string of the molecule is COC(C(=O)NCc1ccc(C(=N)N)cc1)c1ccc(N(C)C)cc1. The minimum absolute atomic E-state index is 0.0243. The number of amidine groups is 1. The number of benzene rings is 2. The molecule has 1 amide bonds. The van der Waals surface area contributed by atoms with E-state index in [0.717, 1.165) is 16.8 Å². The zero-order chi connectivity index (χ0) is 18.4. The van der Waals surface area contributed by atoms with E-state index in [0.29, 0.717) is 12.1 Å². The van der Waals surface area contributed by atoms with Crippen molar-refractivity contribution < 1.29 is 9.53 Å². The van der Waals surface area contributed by atoms with E-state index in [1.165, 1.54) is 7.11 Å². The topological polar surface area (TPSA) is 91.4 Å². The third-order valence-corrected chi connectivity index (χ3v) is 3.92. The fraction of sp³-hybridized carbons (Fsp3) is 0.263. The Morgan fingerprint density at radius 3 is 2.24 bits per heavy atom. The highest BCUT2D eigenvalue weighted by Crippen LogP contribution is 2.20. The maximum Gasteiger partial charge on any atom is 0.254 e. The van der Waals surface area contributed by atoms with Crippen LogP contribution in [0.3, 0.4) is 0 Å². The first-order valence-corrected chi connectivity index (χ1v) is 7.93. The van der Waals surface area contributed by atoms with Crippen LogP contribution >= 0.6 is 0 Å². The average Bonchev–Trinajstić information content (AvgIpc) is 2.61. The lowest BCUT2D eigenvalue weighted by Crippen LogP contribution is -2.30. The molecule has 0 aromatic heterocycles. The van der Waals surface area contributed by atoms with E-state index >= 15 is 0 Å². The Labute approximate surface area is 148 Å². The molecule has 0 saturated carbocycles. The van der Waals surface area contributed by atoms with Gasteiger partial charge in [-0.3, -0.25) is 10.2 Å². The molecule has 0 aliphatic rings. The summed E-state index contributed by atoms with van der Waals surface area (Å²) < 4.78 is 5.37. The number of carbonyl (C=O) groups is 1. The molecule has 0 fully saturated rings. The van der Waals surface area contributed by atoms with Gasteiger partial charge in [-0.1, -0.05) is 36.4 Å². The molecule has 1 atom stereocenters. The highest BCUT2D eigenvalue weighted by Gasteiger charge is 2.19. The molecule has 0 radical (unpaired) electrons. The van der Waals surface area contributed by atoms with E-state index in [-0.39, 0.29) is 11.7 Å². The summed E-state index contributed by atoms with van der Waals surface area (Å²) in [5.74, 6) is -0.174. The van der Waals surface area contributed by atoms with Gasteiger partial charge in [-0.25, -0.2) is 0 Å². The first kappa shape index (κ1) is 18.5. The normalized spacial score (nSPS) is 11.6. The van der Waals surface area contributed by atoms with Crippen molar-refractivity contribution in [1.29, 1.82) is 5.41 Å². The first-order chi connectivity index (χ1) is 11.9. The second kappa shape index (κ2) is 8.30. The third-order valence-electron chi connectivity index (χ3n) is 3.92. The van der Waals surface area contributed by atoms with Gasteiger partial charge in [0.15, 0.2) is 6.10 Å². The summed E-state index contributed by atoms with van der Waals surface area (Å²) in [4.78, 5) is 14.4. The van der Waals surface area contributed by atoms with Crippen LogP contribution in [-0.4, -0.2) is 32.9 Å². The summed E-state index contributed by atoms with van der Waals surface area (Å²) in [5, 5.41) is 10.3. The number of amides is 1. The Kier molecular flexibility index (Phi) is 6.14. The van der Waals surface area contributed by atoms with Crippen LogP contribution in [0.1, 0.15) is 22.8 Å². The number of methoxy groups -OCH3 is 1. The van der Waals surface area contributed by atoms with Crippen molar-refractivity contribution in [3.8, 4) is 0 Å². The lowest BCUT2D eigenvalue weighted by Gasteiger charge is -2.18. The predicted octanol–water partition coefficient (Wildman–Crippen LogP) is 2.04. The highest BCUT2D eigenvalue weighted by atomic mass is 16.5. The Hall–Kier alpha value is -2.86. The molecule has 0 aliphatic heterocycles. The number of nitrogens with one attached hydrogen (secondary N) is 2. The van der Waals surface area contributed by atoms with Gasteiger partial charge in [0.2, 0.25) is 0 Å². The van der Waals surface area contributed by atoms with Crippen molar-refractivity contribution in [1.82, 2.24) is 5.32 Å². The second-order valence-corrected chi connectivity index (χ2v) is 5.93. The number of anilines is 1. The zero-order valence-electron chi connectivity index (χ0n) is 14.7. The van der Waals surface area contributed by atoms with E-state index < -0.39 is 6.10 Å². The van der Waals surface area contributed by atoms with Crippen molar-refractivity contribution in [2.75, 3.05) is 26.1 Å². The fourth-order valence-corrected chi connectivity index (χ4v) is 2.43. The van der Waals surface area contributed by atoms with Crippen molar-refractivity contribution in [3.05, 3.63) is 65.2 Å². The molecule has 132 valence electrons. The third kappa shape index (κ3) is 4.81. The number of hydrogen-bond donors (Lipinski definition) is 3. The molecule has 2 aromatic carbocycles. The van der Waals surface area contributed by atoms with Crippen LogP contribution in [0.4, 0.5) is 5.69 Å². The molecule has 2 rings (SSSR count). The van der Waals surface area contributed by atoms with Crippen LogP contribution in [0.5, 0.6) is 0 Å². The maximum atomic E-state index is 12.4. The molecule has 25 heavy (non-hydrogen) atoms. The number of nitrogens with two attached hydrogens (primary N) is 1. The first-order valence-electron chi connectivity index (χ1n) is 7.93. The Morgan fingerprint density at radius 1 is 1.16 bits per heavy atom. The van der Waals surface area contributed by atoms with Gasteiger partial charge in [0, 0.05) is 39.0 Å². The van der Waals surface area contributed by atoms with Gasteiger partial charge in [0.1, 0.15) is 5.84 Å². The monoisotopic (exact) mass is 340 g/mol. The van der Waals surface area contributed by atoms with Crippen LogP contribution in [0.25, 0.3) is 0 Å². The standard InChI is InChI=1S/C19H24N4O2/c1-23(2)16-10-8-14(9-11-16)17(25-3)19(24)22-12-13-4-6-15(7-5-13)18(20)21/h4-11,17H,12H2,1-3H3,(H3,20,21)(H,22,24). The molecule has 6 nitrogen and oxygen atoms in total. The van der Waals surface area contributed by atoms with E-state index in [1.807, 2.05) is 55.4 Å². The van der Waals surface area contributed by atoms with Crippen LogP contribution in [0.2, 0.25) is 0 Å². The number of rotatable bonds is 7. The molecule has 6 heteroatoms. The predicted molar refractivity (Wildman–Crippen MR) is 99.8 cm³/mol. The van der Waals surface area contributed by atoms with Crippen molar-refractivity contribution >= 4 is 17.4 Å². The Bertz CT molecular complexity index is 724. The number of nitrogens with zero attached hydrogens (tertiary/aromatic N) is 1. The van der Waals surface area contributed by atoms with Gasteiger partial charge in [-0.2, -0.15) is 0 Å². The van der Waals surface area contributed by atoms with E-state index in [4.69, 9.17) is 15.9 Å². The molecular formula is C19H24N4O2. The van der Waals surface area contributed by atoms with Gasteiger partial charge >= 0.3 is 0 Å². The van der Waals surface area contributed by atoms with Gasteiger partial charge < -0.3 is 20.7 Å². The van der Waals surface area contributed by atoms with Crippen LogP contribution < -0.4 is 16.0 Å². The summed E-state index contributed by atoms with van der Waals surface area (Å²) in [6.45, 7) is 0.382.